The number of rotatable bonds is 5. The van der Waals surface area contributed by atoms with Gasteiger partial charge >= 0.3 is 5.97 Å². The van der Waals surface area contributed by atoms with Crippen LogP contribution in [-0.2, 0) is 5.75 Å². The zero-order valence-electron chi connectivity index (χ0n) is 10.8. The minimum absolute atomic E-state index is 0.0502. The van der Waals surface area contributed by atoms with Gasteiger partial charge in [-0.25, -0.2) is 4.79 Å². The number of nitrogens with zero attached hydrogens (tertiary/aromatic N) is 1. The number of benzene rings is 1. The van der Waals surface area contributed by atoms with Crippen LogP contribution < -0.4 is 0 Å². The molecule has 0 radical (unpaired) electrons. The van der Waals surface area contributed by atoms with E-state index in [1.54, 1.807) is 11.8 Å². The Morgan fingerprint density at radius 3 is 2.58 bits per heavy atom. The average Bonchev–Trinajstić information content (AvgIpc) is 2.86. The normalized spacial score (nSPS) is 10.9. The molecule has 2 rings (SSSR count). The van der Waals surface area contributed by atoms with Crippen LogP contribution in [0.4, 0.5) is 0 Å². The van der Waals surface area contributed by atoms with Gasteiger partial charge in [-0.05, 0) is 23.6 Å². The summed E-state index contributed by atoms with van der Waals surface area (Å²) in [4.78, 5) is 11.8. The molecule has 0 atom stereocenters. The van der Waals surface area contributed by atoms with Crippen LogP contribution in [0.1, 0.15) is 41.6 Å². The van der Waals surface area contributed by atoms with E-state index >= 15 is 0 Å². The molecule has 0 aliphatic carbocycles. The maximum absolute atomic E-state index is 10.7. The Labute approximate surface area is 115 Å². The van der Waals surface area contributed by atoms with Gasteiger partial charge < -0.3 is 9.63 Å². The first-order chi connectivity index (χ1) is 9.06. The SMILES string of the molecule is CC(C)c1ccc(SCc2cc(C(=O)O)no2)cc1. The van der Waals surface area contributed by atoms with E-state index in [1.165, 1.54) is 11.6 Å². The second-order valence-corrected chi connectivity index (χ2v) is 5.54. The van der Waals surface area contributed by atoms with Crippen LogP contribution in [0, 0.1) is 0 Å². The van der Waals surface area contributed by atoms with Gasteiger partial charge in [-0.15, -0.1) is 11.8 Å². The molecule has 1 aromatic carbocycles. The second kappa shape index (κ2) is 5.93. The monoisotopic (exact) mass is 277 g/mol. The van der Waals surface area contributed by atoms with Crippen LogP contribution in [0.2, 0.25) is 0 Å². The number of carboxylic acid groups (broad SMARTS) is 1. The molecule has 100 valence electrons. The topological polar surface area (TPSA) is 63.3 Å². The van der Waals surface area contributed by atoms with E-state index in [-0.39, 0.29) is 5.69 Å². The zero-order chi connectivity index (χ0) is 13.8. The zero-order valence-corrected chi connectivity index (χ0v) is 11.6. The van der Waals surface area contributed by atoms with Gasteiger partial charge in [0.05, 0.1) is 5.75 Å². The third-order valence-electron chi connectivity index (χ3n) is 2.71. The second-order valence-electron chi connectivity index (χ2n) is 4.50. The highest BCUT2D eigenvalue weighted by molar-refractivity contribution is 7.98. The molecule has 0 spiro atoms. The van der Waals surface area contributed by atoms with Crippen molar-refractivity contribution in [2.75, 3.05) is 0 Å². The lowest BCUT2D eigenvalue weighted by Gasteiger charge is -2.05. The van der Waals surface area contributed by atoms with E-state index in [0.29, 0.717) is 17.4 Å². The molecule has 0 bridgehead atoms. The van der Waals surface area contributed by atoms with E-state index in [4.69, 9.17) is 9.63 Å². The molecule has 0 unspecified atom stereocenters. The smallest absolute Gasteiger partial charge is 0.358 e. The van der Waals surface area contributed by atoms with Crippen molar-refractivity contribution in [3.63, 3.8) is 0 Å². The summed E-state index contributed by atoms with van der Waals surface area (Å²) in [6.45, 7) is 4.31. The van der Waals surface area contributed by atoms with Crippen molar-refractivity contribution < 1.29 is 14.4 Å². The van der Waals surface area contributed by atoms with Gasteiger partial charge in [-0.1, -0.05) is 31.1 Å². The van der Waals surface area contributed by atoms with Crippen molar-refractivity contribution >= 4 is 17.7 Å². The van der Waals surface area contributed by atoms with Gasteiger partial charge in [-0.2, -0.15) is 0 Å². The Morgan fingerprint density at radius 1 is 1.37 bits per heavy atom. The summed E-state index contributed by atoms with van der Waals surface area (Å²) in [5.41, 5.74) is 1.25. The highest BCUT2D eigenvalue weighted by Gasteiger charge is 2.10. The Hall–Kier alpha value is -1.75. The minimum Gasteiger partial charge on any atom is -0.476 e. The number of aromatic nitrogens is 1. The third-order valence-corrected chi connectivity index (χ3v) is 3.74. The van der Waals surface area contributed by atoms with E-state index < -0.39 is 5.97 Å². The predicted octanol–water partition coefficient (Wildman–Crippen LogP) is 3.79. The molecule has 0 aliphatic heterocycles. The van der Waals surface area contributed by atoms with Gasteiger partial charge in [0.25, 0.3) is 0 Å². The van der Waals surface area contributed by atoms with Gasteiger partial charge in [0.1, 0.15) is 5.76 Å². The quantitative estimate of drug-likeness (QED) is 0.842. The number of hydrogen-bond donors (Lipinski definition) is 1. The molecule has 4 nitrogen and oxygen atoms in total. The van der Waals surface area contributed by atoms with Gasteiger partial charge in [0.15, 0.2) is 5.69 Å². The molecular weight excluding hydrogens is 262 g/mol. The molecular formula is C14H15NO3S. The predicted molar refractivity (Wildman–Crippen MR) is 73.6 cm³/mol. The van der Waals surface area contributed by atoms with Crippen molar-refractivity contribution in [2.45, 2.75) is 30.4 Å². The van der Waals surface area contributed by atoms with Crippen LogP contribution in [0.5, 0.6) is 0 Å². The molecule has 19 heavy (non-hydrogen) atoms. The van der Waals surface area contributed by atoms with Gasteiger partial charge in [0.2, 0.25) is 0 Å². The maximum atomic E-state index is 10.7. The molecule has 1 heterocycles. The summed E-state index contributed by atoms with van der Waals surface area (Å²) in [5, 5.41) is 12.2. The average molecular weight is 277 g/mol. The summed E-state index contributed by atoms with van der Waals surface area (Å²) in [6, 6.07) is 9.80. The Kier molecular flexibility index (Phi) is 4.27. The highest BCUT2D eigenvalue weighted by Crippen LogP contribution is 2.25. The number of hydrogen-bond acceptors (Lipinski definition) is 4. The summed E-state index contributed by atoms with van der Waals surface area (Å²) >= 11 is 1.59. The van der Waals surface area contributed by atoms with Gasteiger partial charge in [-0.3, -0.25) is 0 Å². The molecule has 2 aromatic rings. The first-order valence-corrected chi connectivity index (χ1v) is 6.96. The highest BCUT2D eigenvalue weighted by atomic mass is 32.2. The molecule has 0 saturated heterocycles. The molecule has 0 aliphatic rings. The number of carbonyl (C=O) groups is 1. The number of thioether (sulfide) groups is 1. The van der Waals surface area contributed by atoms with E-state index in [2.05, 4.69) is 43.3 Å². The van der Waals surface area contributed by atoms with Crippen molar-refractivity contribution in [3.8, 4) is 0 Å². The van der Waals surface area contributed by atoms with Crippen molar-refractivity contribution in [1.82, 2.24) is 5.16 Å². The molecule has 1 N–H and O–H groups in total. The third kappa shape index (κ3) is 3.61. The molecule has 0 saturated carbocycles. The molecule has 5 heteroatoms. The van der Waals surface area contributed by atoms with Gasteiger partial charge in [0, 0.05) is 11.0 Å². The number of aromatic carboxylic acids is 1. The Morgan fingerprint density at radius 2 is 2.05 bits per heavy atom. The van der Waals surface area contributed by atoms with Crippen LogP contribution in [0.15, 0.2) is 39.8 Å². The van der Waals surface area contributed by atoms with Crippen molar-refractivity contribution in [3.05, 3.63) is 47.3 Å². The lowest BCUT2D eigenvalue weighted by molar-refractivity contribution is 0.0685. The van der Waals surface area contributed by atoms with Crippen LogP contribution in [-0.4, -0.2) is 16.2 Å². The Balaban J connectivity index is 1.96. The van der Waals surface area contributed by atoms with Crippen LogP contribution in [0.25, 0.3) is 0 Å². The van der Waals surface area contributed by atoms with E-state index in [9.17, 15) is 4.79 Å². The van der Waals surface area contributed by atoms with Crippen LogP contribution >= 0.6 is 11.8 Å². The lowest BCUT2D eigenvalue weighted by Crippen LogP contribution is -1.94. The van der Waals surface area contributed by atoms with Crippen LogP contribution in [0.3, 0.4) is 0 Å². The first-order valence-electron chi connectivity index (χ1n) is 5.98. The largest absolute Gasteiger partial charge is 0.476 e. The summed E-state index contributed by atoms with van der Waals surface area (Å²) < 4.78 is 4.96. The lowest BCUT2D eigenvalue weighted by atomic mass is 10.0. The first kappa shape index (κ1) is 13.7. The number of carboxylic acids is 1. The fourth-order valence-corrected chi connectivity index (χ4v) is 2.36. The van der Waals surface area contributed by atoms with E-state index in [1.807, 2.05) is 0 Å². The molecule has 0 amide bonds. The minimum atomic E-state index is -1.07. The van der Waals surface area contributed by atoms with Crippen molar-refractivity contribution in [2.24, 2.45) is 0 Å². The summed E-state index contributed by atoms with van der Waals surface area (Å²) in [5.74, 6) is 0.587. The summed E-state index contributed by atoms with van der Waals surface area (Å²) in [7, 11) is 0. The fourth-order valence-electron chi connectivity index (χ4n) is 1.59. The van der Waals surface area contributed by atoms with E-state index in [0.717, 1.165) is 4.90 Å². The standard InChI is InChI=1S/C14H15NO3S/c1-9(2)10-3-5-12(6-4-10)19-8-11-7-13(14(16)17)15-18-11/h3-7,9H,8H2,1-2H3,(H,16,17). The Bertz CT molecular complexity index is 560. The fraction of sp³-hybridized carbons (Fsp3) is 0.286. The van der Waals surface area contributed by atoms with Crippen molar-refractivity contribution in [1.29, 1.82) is 0 Å². The molecule has 1 aromatic heterocycles. The maximum Gasteiger partial charge on any atom is 0.358 e. The molecule has 0 fully saturated rings. The summed E-state index contributed by atoms with van der Waals surface area (Å²) in [6.07, 6.45) is 0.